The summed E-state index contributed by atoms with van der Waals surface area (Å²) in [5.74, 6) is -0.991. The second-order valence-electron chi connectivity index (χ2n) is 11.4. The molecular formula is C33H63NO5S. The maximum Gasteiger partial charge on any atom is 0.267 e. The number of carbonyl (C=O) groups excluding carboxylic acids is 1. The first-order valence-electron chi connectivity index (χ1n) is 16.5. The van der Waals surface area contributed by atoms with Gasteiger partial charge in [-0.3, -0.25) is 9.35 Å². The summed E-state index contributed by atoms with van der Waals surface area (Å²) in [6.07, 6.45) is 33.0. The third kappa shape index (κ3) is 28.4. The van der Waals surface area contributed by atoms with Gasteiger partial charge in [0.1, 0.15) is 0 Å². The third-order valence-corrected chi connectivity index (χ3v) is 8.15. The van der Waals surface area contributed by atoms with Gasteiger partial charge in [0.25, 0.3) is 10.1 Å². The normalized spacial score (nSPS) is 13.8. The van der Waals surface area contributed by atoms with Crippen molar-refractivity contribution in [3.05, 3.63) is 24.3 Å². The molecule has 0 rings (SSSR count). The van der Waals surface area contributed by atoms with Gasteiger partial charge in [0.15, 0.2) is 0 Å². The summed E-state index contributed by atoms with van der Waals surface area (Å²) in [5.41, 5.74) is 0. The van der Waals surface area contributed by atoms with Crippen molar-refractivity contribution in [2.24, 2.45) is 0 Å². The molecule has 7 heteroatoms. The van der Waals surface area contributed by atoms with Gasteiger partial charge in [-0.25, -0.2) is 0 Å². The van der Waals surface area contributed by atoms with Crippen LogP contribution in [0.1, 0.15) is 162 Å². The van der Waals surface area contributed by atoms with E-state index < -0.39 is 28.0 Å². The molecule has 0 aromatic rings. The van der Waals surface area contributed by atoms with Crippen molar-refractivity contribution in [1.82, 2.24) is 5.32 Å². The molecule has 0 spiro atoms. The Morgan fingerprint density at radius 1 is 0.650 bits per heavy atom. The average molecular weight is 586 g/mol. The number of aliphatic hydroxyl groups is 1. The van der Waals surface area contributed by atoms with Crippen LogP contribution in [-0.4, -0.2) is 41.9 Å². The molecule has 2 unspecified atom stereocenters. The number of carbonyl (C=O) groups is 1. The van der Waals surface area contributed by atoms with Crippen molar-refractivity contribution < 1.29 is 22.9 Å². The van der Waals surface area contributed by atoms with E-state index in [1.54, 1.807) is 6.08 Å². The Kier molecular flexibility index (Phi) is 27.1. The Labute approximate surface area is 247 Å². The number of allylic oxidation sites excluding steroid dienone is 3. The van der Waals surface area contributed by atoms with E-state index in [1.165, 1.54) is 77.0 Å². The van der Waals surface area contributed by atoms with Gasteiger partial charge in [-0.05, 0) is 38.5 Å². The van der Waals surface area contributed by atoms with Crippen LogP contribution in [0.4, 0.5) is 0 Å². The number of nitrogens with one attached hydrogen (secondary N) is 1. The molecule has 0 aromatic carbocycles. The van der Waals surface area contributed by atoms with E-state index in [4.69, 9.17) is 0 Å². The molecule has 0 aromatic heterocycles. The van der Waals surface area contributed by atoms with Crippen LogP contribution in [-0.2, 0) is 14.9 Å². The van der Waals surface area contributed by atoms with Crippen molar-refractivity contribution in [1.29, 1.82) is 0 Å². The maximum absolute atomic E-state index is 12.4. The van der Waals surface area contributed by atoms with Crippen molar-refractivity contribution in [3.8, 4) is 0 Å². The van der Waals surface area contributed by atoms with Crippen LogP contribution in [0.5, 0.6) is 0 Å². The minimum Gasteiger partial charge on any atom is -0.387 e. The highest BCUT2D eigenvalue weighted by Crippen LogP contribution is 2.13. The fraction of sp³-hybridized carbons (Fsp3) is 0.848. The Morgan fingerprint density at radius 3 is 1.57 bits per heavy atom. The van der Waals surface area contributed by atoms with E-state index in [0.717, 1.165) is 64.2 Å². The summed E-state index contributed by atoms with van der Waals surface area (Å²) in [6, 6.07) is -1.06. The maximum atomic E-state index is 12.4. The average Bonchev–Trinajstić information content (AvgIpc) is 2.90. The summed E-state index contributed by atoms with van der Waals surface area (Å²) in [7, 11) is -4.33. The molecule has 0 aliphatic carbocycles. The zero-order chi connectivity index (χ0) is 29.7. The molecule has 0 fully saturated rings. The second kappa shape index (κ2) is 28.0. The zero-order valence-corrected chi connectivity index (χ0v) is 26.8. The van der Waals surface area contributed by atoms with Crippen LogP contribution in [0, 0.1) is 0 Å². The standard InChI is InChI=1S/C33H63NO5S/c1-3-5-7-9-11-13-15-16-17-19-20-22-24-26-28-32(35)31(30-40(37,38)39)34-33(36)29-27-25-23-21-18-14-12-10-8-6-4-2/h10,12,26,28,31-32,35H,3-9,11,13-25,27,29-30H2,1-2H3,(H,34,36)(H,37,38,39)/b12-10-,28-26+. The molecule has 0 saturated carbocycles. The molecule has 236 valence electrons. The van der Waals surface area contributed by atoms with Crippen molar-refractivity contribution in [2.75, 3.05) is 5.75 Å². The predicted molar refractivity (Wildman–Crippen MR) is 170 cm³/mol. The van der Waals surface area contributed by atoms with Gasteiger partial charge < -0.3 is 10.4 Å². The summed E-state index contributed by atoms with van der Waals surface area (Å²) in [4.78, 5) is 12.4. The third-order valence-electron chi connectivity index (χ3n) is 7.37. The zero-order valence-electron chi connectivity index (χ0n) is 26.0. The van der Waals surface area contributed by atoms with Crippen LogP contribution in [0.15, 0.2) is 24.3 Å². The van der Waals surface area contributed by atoms with Gasteiger partial charge in [-0.1, -0.05) is 141 Å². The molecule has 0 aliphatic rings. The predicted octanol–water partition coefficient (Wildman–Crippen LogP) is 8.84. The fourth-order valence-corrected chi connectivity index (χ4v) is 5.57. The number of amides is 1. The molecule has 0 radical (unpaired) electrons. The summed E-state index contributed by atoms with van der Waals surface area (Å²) in [5, 5.41) is 13.1. The number of aliphatic hydroxyl groups excluding tert-OH is 1. The minimum absolute atomic E-state index is 0.286. The molecular weight excluding hydrogens is 522 g/mol. The van der Waals surface area contributed by atoms with Crippen LogP contribution in [0.3, 0.4) is 0 Å². The molecule has 0 aliphatic heterocycles. The molecule has 0 heterocycles. The lowest BCUT2D eigenvalue weighted by Crippen LogP contribution is -2.46. The van der Waals surface area contributed by atoms with Crippen molar-refractivity contribution >= 4 is 16.0 Å². The van der Waals surface area contributed by atoms with Crippen molar-refractivity contribution in [2.45, 2.75) is 174 Å². The summed E-state index contributed by atoms with van der Waals surface area (Å²) >= 11 is 0. The Hall–Kier alpha value is -1.18. The van der Waals surface area contributed by atoms with E-state index in [1.807, 2.05) is 6.08 Å². The highest BCUT2D eigenvalue weighted by Gasteiger charge is 2.24. The van der Waals surface area contributed by atoms with Gasteiger partial charge in [0.05, 0.1) is 17.9 Å². The lowest BCUT2D eigenvalue weighted by atomic mass is 10.0. The van der Waals surface area contributed by atoms with Gasteiger partial charge in [-0.2, -0.15) is 8.42 Å². The van der Waals surface area contributed by atoms with Crippen molar-refractivity contribution in [3.63, 3.8) is 0 Å². The molecule has 40 heavy (non-hydrogen) atoms. The summed E-state index contributed by atoms with van der Waals surface area (Å²) in [6.45, 7) is 4.45. The first-order chi connectivity index (χ1) is 19.3. The lowest BCUT2D eigenvalue weighted by molar-refractivity contribution is -0.122. The summed E-state index contributed by atoms with van der Waals surface area (Å²) < 4.78 is 32.2. The van der Waals surface area contributed by atoms with E-state index in [2.05, 4.69) is 31.3 Å². The minimum atomic E-state index is -4.33. The van der Waals surface area contributed by atoms with E-state index in [9.17, 15) is 22.9 Å². The van der Waals surface area contributed by atoms with Crippen LogP contribution < -0.4 is 5.32 Å². The molecule has 6 nitrogen and oxygen atoms in total. The first-order valence-corrected chi connectivity index (χ1v) is 18.1. The molecule has 1 amide bonds. The highest BCUT2D eigenvalue weighted by atomic mass is 32.2. The van der Waals surface area contributed by atoms with Gasteiger partial charge in [0.2, 0.25) is 5.91 Å². The van der Waals surface area contributed by atoms with E-state index in [0.29, 0.717) is 0 Å². The Bertz CT molecular complexity index is 735. The van der Waals surface area contributed by atoms with Crippen LogP contribution in [0.25, 0.3) is 0 Å². The number of hydrogen-bond donors (Lipinski definition) is 3. The van der Waals surface area contributed by atoms with E-state index in [-0.39, 0.29) is 12.3 Å². The fourth-order valence-electron chi connectivity index (χ4n) is 4.84. The number of hydrogen-bond acceptors (Lipinski definition) is 4. The number of unbranched alkanes of at least 4 members (excludes halogenated alkanes) is 19. The van der Waals surface area contributed by atoms with Gasteiger partial charge in [0, 0.05) is 6.42 Å². The highest BCUT2D eigenvalue weighted by molar-refractivity contribution is 7.85. The lowest BCUT2D eigenvalue weighted by Gasteiger charge is -2.21. The first kappa shape index (κ1) is 38.8. The van der Waals surface area contributed by atoms with Gasteiger partial charge >= 0.3 is 0 Å². The number of rotatable bonds is 29. The van der Waals surface area contributed by atoms with Crippen LogP contribution >= 0.6 is 0 Å². The molecule has 0 bridgehead atoms. The largest absolute Gasteiger partial charge is 0.387 e. The Balaban J connectivity index is 4.06. The van der Waals surface area contributed by atoms with E-state index >= 15 is 0 Å². The van der Waals surface area contributed by atoms with Gasteiger partial charge in [-0.15, -0.1) is 0 Å². The monoisotopic (exact) mass is 585 g/mol. The second-order valence-corrected chi connectivity index (χ2v) is 12.9. The molecule has 0 saturated heterocycles. The molecule has 3 N–H and O–H groups in total. The SMILES string of the molecule is CCCC/C=C\CCCCCCCC(=O)NC(CS(=O)(=O)O)C(O)/C=C/CCCCCCCCCCCCCC. The quantitative estimate of drug-likeness (QED) is 0.0462. The molecule has 2 atom stereocenters. The Morgan fingerprint density at radius 2 is 1.07 bits per heavy atom. The van der Waals surface area contributed by atoms with Crippen LogP contribution in [0.2, 0.25) is 0 Å². The topological polar surface area (TPSA) is 104 Å². The smallest absolute Gasteiger partial charge is 0.267 e.